The van der Waals surface area contributed by atoms with E-state index < -0.39 is 0 Å². The lowest BCUT2D eigenvalue weighted by atomic mass is 10.0. The van der Waals surface area contributed by atoms with Crippen molar-refractivity contribution in [2.24, 2.45) is 5.92 Å². The number of hydrogen-bond donors (Lipinski definition) is 0. The van der Waals surface area contributed by atoms with Gasteiger partial charge in [-0.2, -0.15) is 0 Å². The number of carbonyl (C=O) groups excluding carboxylic acids is 1. The summed E-state index contributed by atoms with van der Waals surface area (Å²) in [4.78, 5) is 13.6. The minimum atomic E-state index is -0.251. The topological polar surface area (TPSA) is 29.5 Å². The van der Waals surface area contributed by atoms with E-state index in [9.17, 15) is 4.79 Å². The van der Waals surface area contributed by atoms with Gasteiger partial charge in [0.15, 0.2) is 0 Å². The summed E-state index contributed by atoms with van der Waals surface area (Å²) in [5, 5.41) is 0. The van der Waals surface area contributed by atoms with Crippen molar-refractivity contribution in [1.29, 1.82) is 0 Å². The molecule has 1 aromatic carbocycles. The van der Waals surface area contributed by atoms with Crippen LogP contribution >= 0.6 is 0 Å². The molecule has 0 N–H and O–H groups in total. The summed E-state index contributed by atoms with van der Waals surface area (Å²) in [5.74, 6) is 0.435. The van der Waals surface area contributed by atoms with Gasteiger partial charge in [0.1, 0.15) is 6.61 Å². The van der Waals surface area contributed by atoms with Gasteiger partial charge in [-0.3, -0.25) is 0 Å². The number of ether oxygens (including phenoxy) is 1. The fourth-order valence-corrected chi connectivity index (χ4v) is 2.15. The van der Waals surface area contributed by atoms with Gasteiger partial charge in [0.2, 0.25) is 0 Å². The summed E-state index contributed by atoms with van der Waals surface area (Å²) in [6.07, 6.45) is 0.689. The SMILES string of the molecule is CC[C@H](C(C)C)N(C)C(=O)OCc1ccccc1. The second-order valence-corrected chi connectivity index (χ2v) is 4.87. The van der Waals surface area contributed by atoms with Crippen LogP contribution in [0, 0.1) is 5.92 Å². The van der Waals surface area contributed by atoms with Crippen molar-refractivity contribution in [3.05, 3.63) is 35.9 Å². The van der Waals surface area contributed by atoms with Crippen molar-refractivity contribution in [2.45, 2.75) is 39.8 Å². The number of rotatable bonds is 5. The summed E-state index contributed by atoms with van der Waals surface area (Å²) < 4.78 is 5.31. The molecule has 1 amide bonds. The van der Waals surface area contributed by atoms with E-state index in [0.717, 1.165) is 12.0 Å². The van der Waals surface area contributed by atoms with E-state index in [1.807, 2.05) is 37.4 Å². The van der Waals surface area contributed by atoms with Crippen LogP contribution in [0.3, 0.4) is 0 Å². The van der Waals surface area contributed by atoms with Gasteiger partial charge in [0.25, 0.3) is 0 Å². The first-order chi connectivity index (χ1) is 8.56. The smallest absolute Gasteiger partial charge is 0.410 e. The second kappa shape index (κ2) is 7.04. The Bertz CT molecular complexity index is 362. The summed E-state index contributed by atoms with van der Waals surface area (Å²) in [7, 11) is 1.81. The lowest BCUT2D eigenvalue weighted by Gasteiger charge is -2.29. The summed E-state index contributed by atoms with van der Waals surface area (Å²) in [5.41, 5.74) is 1.01. The fraction of sp³-hybridized carbons (Fsp3) is 0.533. The average Bonchev–Trinajstić information content (AvgIpc) is 2.37. The molecule has 3 nitrogen and oxygen atoms in total. The maximum Gasteiger partial charge on any atom is 0.410 e. The van der Waals surface area contributed by atoms with E-state index in [4.69, 9.17) is 4.74 Å². The Morgan fingerprint density at radius 3 is 2.39 bits per heavy atom. The summed E-state index contributed by atoms with van der Waals surface area (Å²) in [6.45, 7) is 6.66. The minimum Gasteiger partial charge on any atom is -0.445 e. The third-order valence-electron chi connectivity index (χ3n) is 3.18. The van der Waals surface area contributed by atoms with Crippen molar-refractivity contribution in [1.82, 2.24) is 4.90 Å². The number of benzene rings is 1. The second-order valence-electron chi connectivity index (χ2n) is 4.87. The van der Waals surface area contributed by atoms with Crippen LogP contribution in [0.15, 0.2) is 30.3 Å². The molecule has 0 saturated heterocycles. The van der Waals surface area contributed by atoms with Crippen LogP contribution in [0.25, 0.3) is 0 Å². The van der Waals surface area contributed by atoms with E-state index in [2.05, 4.69) is 20.8 Å². The van der Waals surface area contributed by atoms with E-state index in [0.29, 0.717) is 12.5 Å². The molecule has 1 rings (SSSR count). The zero-order valence-electron chi connectivity index (χ0n) is 11.7. The van der Waals surface area contributed by atoms with Gasteiger partial charge in [0.05, 0.1) is 0 Å². The van der Waals surface area contributed by atoms with Gasteiger partial charge >= 0.3 is 6.09 Å². The Morgan fingerprint density at radius 1 is 1.28 bits per heavy atom. The molecule has 100 valence electrons. The highest BCUT2D eigenvalue weighted by Gasteiger charge is 2.22. The molecule has 1 atom stereocenters. The third-order valence-corrected chi connectivity index (χ3v) is 3.18. The maximum absolute atomic E-state index is 11.9. The Labute approximate surface area is 110 Å². The molecule has 0 unspecified atom stereocenters. The first-order valence-corrected chi connectivity index (χ1v) is 6.49. The standard InChI is InChI=1S/C15H23NO2/c1-5-14(12(2)3)16(4)15(17)18-11-13-9-7-6-8-10-13/h6-10,12,14H,5,11H2,1-4H3/t14-/m1/s1. The highest BCUT2D eigenvalue weighted by Crippen LogP contribution is 2.14. The fourth-order valence-electron chi connectivity index (χ4n) is 2.15. The van der Waals surface area contributed by atoms with Gasteiger partial charge < -0.3 is 9.64 Å². The lowest BCUT2D eigenvalue weighted by molar-refractivity contribution is 0.0812. The van der Waals surface area contributed by atoms with Gasteiger partial charge in [-0.15, -0.1) is 0 Å². The van der Waals surface area contributed by atoms with Crippen molar-refractivity contribution in [3.8, 4) is 0 Å². The molecule has 3 heteroatoms. The van der Waals surface area contributed by atoms with Gasteiger partial charge in [-0.05, 0) is 17.9 Å². The Hall–Kier alpha value is -1.51. The molecule has 0 saturated carbocycles. The number of nitrogens with zero attached hydrogens (tertiary/aromatic N) is 1. The van der Waals surface area contributed by atoms with E-state index in [-0.39, 0.29) is 12.1 Å². The predicted octanol–water partition coefficient (Wildman–Crippen LogP) is 3.69. The van der Waals surface area contributed by atoms with Crippen molar-refractivity contribution < 1.29 is 9.53 Å². The van der Waals surface area contributed by atoms with Crippen LogP contribution in [0.5, 0.6) is 0 Å². The monoisotopic (exact) mass is 249 g/mol. The Balaban J connectivity index is 2.50. The molecule has 1 aromatic rings. The molecular formula is C15H23NO2. The van der Waals surface area contributed by atoms with Crippen LogP contribution in [-0.4, -0.2) is 24.1 Å². The molecule has 0 aliphatic carbocycles. The molecule has 0 bridgehead atoms. The molecule has 0 fully saturated rings. The highest BCUT2D eigenvalue weighted by atomic mass is 16.6. The normalized spacial score (nSPS) is 12.3. The molecule has 0 aromatic heterocycles. The van der Waals surface area contributed by atoms with Crippen LogP contribution in [-0.2, 0) is 11.3 Å². The molecular weight excluding hydrogens is 226 g/mol. The summed E-state index contributed by atoms with van der Waals surface area (Å²) in [6, 6.07) is 9.96. The van der Waals surface area contributed by atoms with E-state index >= 15 is 0 Å². The zero-order valence-corrected chi connectivity index (χ0v) is 11.7. The lowest BCUT2D eigenvalue weighted by Crippen LogP contribution is -2.40. The minimum absolute atomic E-state index is 0.230. The average molecular weight is 249 g/mol. The quantitative estimate of drug-likeness (QED) is 0.796. The predicted molar refractivity (Wildman–Crippen MR) is 73.3 cm³/mol. The van der Waals surface area contributed by atoms with E-state index in [1.54, 1.807) is 4.90 Å². The zero-order chi connectivity index (χ0) is 13.5. The first-order valence-electron chi connectivity index (χ1n) is 6.49. The third kappa shape index (κ3) is 4.06. The maximum atomic E-state index is 11.9. The van der Waals surface area contributed by atoms with Crippen LogP contribution in [0.4, 0.5) is 4.79 Å². The van der Waals surface area contributed by atoms with Gasteiger partial charge in [-0.25, -0.2) is 4.79 Å². The first kappa shape index (κ1) is 14.6. The molecule has 18 heavy (non-hydrogen) atoms. The van der Waals surface area contributed by atoms with Crippen molar-refractivity contribution in [3.63, 3.8) is 0 Å². The summed E-state index contributed by atoms with van der Waals surface area (Å²) >= 11 is 0. The highest BCUT2D eigenvalue weighted by molar-refractivity contribution is 5.67. The van der Waals surface area contributed by atoms with Crippen LogP contribution in [0.1, 0.15) is 32.8 Å². The molecule has 0 aliphatic heterocycles. The van der Waals surface area contributed by atoms with Gasteiger partial charge in [0, 0.05) is 13.1 Å². The Morgan fingerprint density at radius 2 is 1.89 bits per heavy atom. The number of amides is 1. The largest absolute Gasteiger partial charge is 0.445 e. The Kier molecular flexibility index (Phi) is 5.69. The van der Waals surface area contributed by atoms with Crippen molar-refractivity contribution >= 4 is 6.09 Å². The number of carbonyl (C=O) groups is 1. The molecule has 0 heterocycles. The van der Waals surface area contributed by atoms with Crippen LogP contribution < -0.4 is 0 Å². The number of hydrogen-bond acceptors (Lipinski definition) is 2. The molecule has 0 aliphatic rings. The molecule has 0 spiro atoms. The molecule has 0 radical (unpaired) electrons. The van der Waals surface area contributed by atoms with E-state index in [1.165, 1.54) is 0 Å². The van der Waals surface area contributed by atoms with Crippen LogP contribution in [0.2, 0.25) is 0 Å². The van der Waals surface area contributed by atoms with Crippen molar-refractivity contribution in [2.75, 3.05) is 7.05 Å². The van der Waals surface area contributed by atoms with Gasteiger partial charge in [-0.1, -0.05) is 51.1 Å².